The van der Waals surface area contributed by atoms with E-state index in [1.165, 1.54) is 0 Å². The van der Waals surface area contributed by atoms with Crippen molar-refractivity contribution in [2.24, 2.45) is 0 Å². The number of aryl methyl sites for hydroxylation is 1. The summed E-state index contributed by atoms with van der Waals surface area (Å²) in [5.41, 5.74) is 5.73. The van der Waals surface area contributed by atoms with E-state index >= 15 is 0 Å². The van der Waals surface area contributed by atoms with Crippen LogP contribution in [-0.4, -0.2) is 20.1 Å². The van der Waals surface area contributed by atoms with E-state index in [1.807, 2.05) is 13.8 Å². The lowest BCUT2D eigenvalue weighted by atomic mass is 10.2. The van der Waals surface area contributed by atoms with Crippen molar-refractivity contribution in [1.29, 1.82) is 0 Å². The Kier molecular flexibility index (Phi) is 3.40. The summed E-state index contributed by atoms with van der Waals surface area (Å²) in [7, 11) is 0. The largest absolute Gasteiger partial charge is 0.384 e. The lowest BCUT2D eigenvalue weighted by Gasteiger charge is -2.08. The number of hydrogen-bond acceptors (Lipinski definition) is 7. The molecule has 7 heteroatoms. The maximum Gasteiger partial charge on any atom is 0.223 e. The molecule has 0 fully saturated rings. The monoisotopic (exact) mass is 248 g/mol. The third kappa shape index (κ3) is 2.93. The van der Waals surface area contributed by atoms with Crippen LogP contribution in [0.4, 0.5) is 11.6 Å². The van der Waals surface area contributed by atoms with Crippen molar-refractivity contribution in [2.45, 2.75) is 33.2 Å². The van der Waals surface area contributed by atoms with Gasteiger partial charge < -0.3 is 15.6 Å². The van der Waals surface area contributed by atoms with E-state index in [4.69, 9.17) is 10.3 Å². The number of anilines is 2. The second kappa shape index (κ2) is 4.99. The van der Waals surface area contributed by atoms with Gasteiger partial charge in [0.25, 0.3) is 0 Å². The molecule has 2 heterocycles. The fraction of sp³-hybridized carbons (Fsp3) is 0.455. The third-order valence-corrected chi connectivity index (χ3v) is 2.28. The van der Waals surface area contributed by atoms with E-state index in [9.17, 15) is 0 Å². The minimum Gasteiger partial charge on any atom is -0.384 e. The Morgan fingerprint density at radius 1 is 1.33 bits per heavy atom. The van der Waals surface area contributed by atoms with Crippen molar-refractivity contribution >= 4 is 11.6 Å². The zero-order chi connectivity index (χ0) is 13.1. The average Bonchev–Trinajstić information content (AvgIpc) is 2.72. The molecular weight excluding hydrogens is 232 g/mol. The van der Waals surface area contributed by atoms with Crippen LogP contribution in [0, 0.1) is 6.92 Å². The minimum absolute atomic E-state index is 0.224. The standard InChI is InChI=1S/C11H16N6O/c1-6(2)11-15-8(12)4-9(16-11)13-5-10-14-7(3)18-17-10/h4,6H,5H2,1-3H3,(H3,12,13,15,16). The van der Waals surface area contributed by atoms with Crippen LogP contribution < -0.4 is 11.1 Å². The maximum atomic E-state index is 5.73. The van der Waals surface area contributed by atoms with E-state index in [-0.39, 0.29) is 5.92 Å². The predicted molar refractivity (Wildman–Crippen MR) is 66.9 cm³/mol. The van der Waals surface area contributed by atoms with Crippen LogP contribution in [0.2, 0.25) is 0 Å². The van der Waals surface area contributed by atoms with Crippen LogP contribution >= 0.6 is 0 Å². The van der Waals surface area contributed by atoms with E-state index in [0.29, 0.717) is 35.7 Å². The molecule has 0 radical (unpaired) electrons. The SMILES string of the molecule is Cc1nc(CNc2cc(N)nc(C(C)C)n2)no1. The molecule has 2 aromatic heterocycles. The molecule has 3 N–H and O–H groups in total. The van der Waals surface area contributed by atoms with Crippen molar-refractivity contribution in [1.82, 2.24) is 20.1 Å². The van der Waals surface area contributed by atoms with Gasteiger partial charge in [-0.15, -0.1) is 0 Å². The summed E-state index contributed by atoms with van der Waals surface area (Å²) in [5.74, 6) is 3.16. The van der Waals surface area contributed by atoms with Crippen molar-refractivity contribution < 1.29 is 4.52 Å². The number of nitrogen functional groups attached to an aromatic ring is 1. The molecule has 0 aliphatic rings. The summed E-state index contributed by atoms with van der Waals surface area (Å²) >= 11 is 0. The molecule has 7 nitrogen and oxygen atoms in total. The number of nitrogens with two attached hydrogens (primary N) is 1. The van der Waals surface area contributed by atoms with Gasteiger partial charge in [0.1, 0.15) is 17.5 Å². The molecule has 0 saturated carbocycles. The second-order valence-electron chi connectivity index (χ2n) is 4.27. The highest BCUT2D eigenvalue weighted by Gasteiger charge is 2.07. The van der Waals surface area contributed by atoms with E-state index in [1.54, 1.807) is 13.0 Å². The molecule has 0 spiro atoms. The third-order valence-electron chi connectivity index (χ3n) is 2.28. The molecule has 0 bridgehead atoms. The number of aromatic nitrogens is 4. The van der Waals surface area contributed by atoms with Crippen molar-refractivity contribution in [2.75, 3.05) is 11.1 Å². The Morgan fingerprint density at radius 2 is 2.11 bits per heavy atom. The lowest BCUT2D eigenvalue weighted by Crippen LogP contribution is -2.08. The molecule has 0 aliphatic heterocycles. The van der Waals surface area contributed by atoms with Gasteiger partial charge in [0, 0.05) is 18.9 Å². The smallest absolute Gasteiger partial charge is 0.223 e. The van der Waals surface area contributed by atoms with Crippen molar-refractivity contribution in [3.05, 3.63) is 23.6 Å². The van der Waals surface area contributed by atoms with Gasteiger partial charge in [0.05, 0.1) is 6.54 Å². The number of hydrogen-bond donors (Lipinski definition) is 2. The fourth-order valence-corrected chi connectivity index (χ4v) is 1.42. The highest BCUT2D eigenvalue weighted by Crippen LogP contribution is 2.15. The zero-order valence-corrected chi connectivity index (χ0v) is 10.6. The predicted octanol–water partition coefficient (Wildman–Crippen LogP) is 1.49. The number of rotatable bonds is 4. The first-order chi connectivity index (χ1) is 8.54. The molecule has 18 heavy (non-hydrogen) atoms. The van der Waals surface area contributed by atoms with Gasteiger partial charge in [-0.05, 0) is 0 Å². The number of nitrogens with one attached hydrogen (secondary N) is 1. The molecule has 0 unspecified atom stereocenters. The fourth-order valence-electron chi connectivity index (χ4n) is 1.42. The summed E-state index contributed by atoms with van der Waals surface area (Å²) < 4.78 is 4.88. The van der Waals surface area contributed by atoms with Gasteiger partial charge in [-0.25, -0.2) is 9.97 Å². The average molecular weight is 248 g/mol. The Morgan fingerprint density at radius 3 is 2.72 bits per heavy atom. The van der Waals surface area contributed by atoms with Gasteiger partial charge in [0.2, 0.25) is 5.89 Å². The molecule has 2 aromatic rings. The first kappa shape index (κ1) is 12.3. The zero-order valence-electron chi connectivity index (χ0n) is 10.6. The molecule has 96 valence electrons. The molecule has 0 amide bonds. The molecular formula is C11H16N6O. The van der Waals surface area contributed by atoms with E-state index in [2.05, 4.69) is 25.4 Å². The van der Waals surface area contributed by atoms with Gasteiger partial charge in [-0.2, -0.15) is 4.98 Å². The second-order valence-corrected chi connectivity index (χ2v) is 4.27. The van der Waals surface area contributed by atoms with E-state index in [0.717, 1.165) is 0 Å². The van der Waals surface area contributed by atoms with Crippen molar-refractivity contribution in [3.8, 4) is 0 Å². The van der Waals surface area contributed by atoms with Gasteiger partial charge in [-0.1, -0.05) is 19.0 Å². The van der Waals surface area contributed by atoms with Gasteiger partial charge in [-0.3, -0.25) is 0 Å². The van der Waals surface area contributed by atoms with Gasteiger partial charge in [0.15, 0.2) is 5.82 Å². The van der Waals surface area contributed by atoms with Crippen LogP contribution in [-0.2, 0) is 6.54 Å². The van der Waals surface area contributed by atoms with Gasteiger partial charge >= 0.3 is 0 Å². The Balaban J connectivity index is 2.09. The number of nitrogens with zero attached hydrogens (tertiary/aromatic N) is 4. The van der Waals surface area contributed by atoms with Crippen LogP contribution in [0.1, 0.15) is 37.3 Å². The summed E-state index contributed by atoms with van der Waals surface area (Å²) in [6, 6.07) is 1.68. The molecule has 0 saturated heterocycles. The Labute approximate surface area is 105 Å². The molecule has 0 aromatic carbocycles. The summed E-state index contributed by atoms with van der Waals surface area (Å²) in [6.07, 6.45) is 0. The topological polar surface area (TPSA) is 103 Å². The quantitative estimate of drug-likeness (QED) is 0.844. The summed E-state index contributed by atoms with van der Waals surface area (Å²) in [6.45, 7) is 6.21. The maximum absolute atomic E-state index is 5.73. The van der Waals surface area contributed by atoms with Crippen LogP contribution in [0.5, 0.6) is 0 Å². The minimum atomic E-state index is 0.224. The van der Waals surface area contributed by atoms with Crippen molar-refractivity contribution in [3.63, 3.8) is 0 Å². The Hall–Kier alpha value is -2.18. The summed E-state index contributed by atoms with van der Waals surface area (Å²) in [5, 5.41) is 6.88. The normalized spacial score (nSPS) is 10.9. The highest BCUT2D eigenvalue weighted by atomic mass is 16.5. The molecule has 2 rings (SSSR count). The van der Waals surface area contributed by atoms with Crippen LogP contribution in [0.3, 0.4) is 0 Å². The molecule has 0 aliphatic carbocycles. The van der Waals surface area contributed by atoms with E-state index < -0.39 is 0 Å². The molecule has 0 atom stereocenters. The lowest BCUT2D eigenvalue weighted by molar-refractivity contribution is 0.388. The first-order valence-corrected chi connectivity index (χ1v) is 5.72. The summed E-state index contributed by atoms with van der Waals surface area (Å²) in [4.78, 5) is 12.6. The van der Waals surface area contributed by atoms with Crippen LogP contribution in [0.15, 0.2) is 10.6 Å². The Bertz CT molecular complexity index is 536. The highest BCUT2D eigenvalue weighted by molar-refractivity contribution is 5.44. The van der Waals surface area contributed by atoms with Crippen LogP contribution in [0.25, 0.3) is 0 Å². The first-order valence-electron chi connectivity index (χ1n) is 5.72.